The van der Waals surface area contributed by atoms with E-state index in [1.165, 1.54) is 11.8 Å². The summed E-state index contributed by atoms with van der Waals surface area (Å²) in [7, 11) is -1.05. The van der Waals surface area contributed by atoms with E-state index in [4.69, 9.17) is 5.73 Å². The van der Waals surface area contributed by atoms with E-state index in [1.54, 1.807) is 6.07 Å². The highest BCUT2D eigenvalue weighted by Crippen LogP contribution is 2.24. The number of thioether (sulfide) groups is 1. The van der Waals surface area contributed by atoms with Crippen molar-refractivity contribution in [3.63, 3.8) is 0 Å². The Bertz CT molecular complexity index is 547. The Morgan fingerprint density at radius 1 is 1.50 bits per heavy atom. The average molecular weight is 288 g/mol. The third-order valence-corrected chi connectivity index (χ3v) is 5.31. The first-order valence-corrected chi connectivity index (χ1v) is 8.58. The van der Waals surface area contributed by atoms with Crippen LogP contribution in [0, 0.1) is 0 Å². The van der Waals surface area contributed by atoms with E-state index in [0.29, 0.717) is 23.2 Å². The van der Waals surface area contributed by atoms with Gasteiger partial charge in [-0.3, -0.25) is 0 Å². The van der Waals surface area contributed by atoms with Crippen molar-refractivity contribution in [2.45, 2.75) is 17.6 Å². The normalized spacial score (nSPS) is 22.0. The fourth-order valence-electron chi connectivity index (χ4n) is 1.97. The molecular formula is C10H16N4O2S2. The van der Waals surface area contributed by atoms with Crippen molar-refractivity contribution in [3.05, 3.63) is 6.07 Å². The van der Waals surface area contributed by atoms with Gasteiger partial charge in [0.2, 0.25) is 0 Å². The summed E-state index contributed by atoms with van der Waals surface area (Å²) >= 11 is 1.41. The summed E-state index contributed by atoms with van der Waals surface area (Å²) in [5, 5.41) is 0.595. The van der Waals surface area contributed by atoms with Crippen LogP contribution in [0.3, 0.4) is 0 Å². The van der Waals surface area contributed by atoms with Crippen LogP contribution in [-0.2, 0) is 9.84 Å². The van der Waals surface area contributed by atoms with E-state index in [1.807, 2.05) is 18.2 Å². The number of nitrogens with zero attached hydrogens (tertiary/aromatic N) is 3. The lowest BCUT2D eigenvalue weighted by Crippen LogP contribution is -2.33. The lowest BCUT2D eigenvalue weighted by atomic mass is 10.2. The van der Waals surface area contributed by atoms with Gasteiger partial charge in [0.25, 0.3) is 0 Å². The first-order valence-electron chi connectivity index (χ1n) is 5.53. The molecule has 1 aromatic rings. The molecule has 18 heavy (non-hydrogen) atoms. The van der Waals surface area contributed by atoms with Gasteiger partial charge in [0, 0.05) is 19.2 Å². The summed E-state index contributed by atoms with van der Waals surface area (Å²) in [6.45, 7) is 0. The van der Waals surface area contributed by atoms with E-state index in [9.17, 15) is 8.42 Å². The minimum absolute atomic E-state index is 0.0287. The van der Waals surface area contributed by atoms with E-state index in [2.05, 4.69) is 9.97 Å². The van der Waals surface area contributed by atoms with Crippen LogP contribution < -0.4 is 10.6 Å². The topological polar surface area (TPSA) is 89.2 Å². The standard InChI is InChI=1S/C10H16N4O2S2/c1-14(7-3-4-18(15,16)6-7)9-5-8(11)12-10(13-9)17-2/h5,7H,3-4,6H2,1-2H3,(H2,11,12,13). The van der Waals surface area contributed by atoms with Crippen molar-refractivity contribution in [2.24, 2.45) is 0 Å². The van der Waals surface area contributed by atoms with Crippen molar-refractivity contribution in [2.75, 3.05) is 35.4 Å². The Morgan fingerprint density at radius 3 is 2.78 bits per heavy atom. The molecule has 1 aliphatic rings. The summed E-state index contributed by atoms with van der Waals surface area (Å²) in [4.78, 5) is 10.3. The molecule has 2 N–H and O–H groups in total. The molecule has 0 saturated carbocycles. The lowest BCUT2D eigenvalue weighted by molar-refractivity contribution is 0.600. The Labute approximate surface area is 111 Å². The molecule has 0 aromatic carbocycles. The van der Waals surface area contributed by atoms with Gasteiger partial charge in [-0.25, -0.2) is 18.4 Å². The molecule has 0 aliphatic carbocycles. The second kappa shape index (κ2) is 4.93. The van der Waals surface area contributed by atoms with Crippen LogP contribution in [0.4, 0.5) is 11.6 Å². The molecule has 2 rings (SSSR count). The number of rotatable bonds is 3. The third-order valence-electron chi connectivity index (χ3n) is 3.01. The smallest absolute Gasteiger partial charge is 0.191 e. The number of hydrogen-bond acceptors (Lipinski definition) is 7. The average Bonchev–Trinajstić information content (AvgIpc) is 2.67. The molecule has 1 unspecified atom stereocenters. The van der Waals surface area contributed by atoms with Crippen LogP contribution in [0.25, 0.3) is 0 Å². The van der Waals surface area contributed by atoms with E-state index < -0.39 is 9.84 Å². The molecule has 0 amide bonds. The van der Waals surface area contributed by atoms with Crippen LogP contribution in [-0.4, -0.2) is 49.2 Å². The highest BCUT2D eigenvalue weighted by molar-refractivity contribution is 7.98. The van der Waals surface area contributed by atoms with Crippen molar-refractivity contribution < 1.29 is 8.42 Å². The zero-order valence-corrected chi connectivity index (χ0v) is 12.0. The summed E-state index contributed by atoms with van der Waals surface area (Å²) < 4.78 is 23.0. The summed E-state index contributed by atoms with van der Waals surface area (Å²) in [5.74, 6) is 1.51. The number of hydrogen-bond donors (Lipinski definition) is 1. The minimum Gasteiger partial charge on any atom is -0.383 e. The lowest BCUT2D eigenvalue weighted by Gasteiger charge is -2.24. The number of nitrogen functional groups attached to an aromatic ring is 1. The molecule has 1 aliphatic heterocycles. The maximum atomic E-state index is 11.5. The van der Waals surface area contributed by atoms with Crippen LogP contribution in [0.5, 0.6) is 0 Å². The van der Waals surface area contributed by atoms with Gasteiger partial charge in [-0.15, -0.1) is 0 Å². The molecule has 0 bridgehead atoms. The molecular weight excluding hydrogens is 272 g/mol. The Kier molecular flexibility index (Phi) is 3.67. The van der Waals surface area contributed by atoms with Crippen molar-refractivity contribution in [1.29, 1.82) is 0 Å². The van der Waals surface area contributed by atoms with Gasteiger partial charge in [0.05, 0.1) is 11.5 Å². The summed E-state index contributed by atoms with van der Waals surface area (Å²) in [5.41, 5.74) is 5.72. The van der Waals surface area contributed by atoms with Crippen LogP contribution in [0.1, 0.15) is 6.42 Å². The summed E-state index contributed by atoms with van der Waals surface area (Å²) in [6.07, 6.45) is 2.51. The van der Waals surface area contributed by atoms with E-state index in [-0.39, 0.29) is 17.5 Å². The number of aromatic nitrogens is 2. The zero-order chi connectivity index (χ0) is 13.3. The van der Waals surface area contributed by atoms with Gasteiger partial charge in [-0.2, -0.15) is 0 Å². The van der Waals surface area contributed by atoms with Crippen molar-refractivity contribution >= 4 is 33.2 Å². The second-order valence-electron chi connectivity index (χ2n) is 4.31. The molecule has 0 radical (unpaired) electrons. The molecule has 6 nitrogen and oxygen atoms in total. The summed E-state index contributed by atoms with van der Waals surface area (Å²) in [6, 6.07) is 1.64. The van der Waals surface area contributed by atoms with Crippen LogP contribution >= 0.6 is 11.8 Å². The molecule has 1 fully saturated rings. The molecule has 100 valence electrons. The molecule has 1 aromatic heterocycles. The predicted molar refractivity (Wildman–Crippen MR) is 73.7 cm³/mol. The van der Waals surface area contributed by atoms with E-state index in [0.717, 1.165) is 0 Å². The molecule has 8 heteroatoms. The van der Waals surface area contributed by atoms with Gasteiger partial charge in [-0.05, 0) is 12.7 Å². The molecule has 2 heterocycles. The van der Waals surface area contributed by atoms with Gasteiger partial charge >= 0.3 is 0 Å². The van der Waals surface area contributed by atoms with Crippen LogP contribution in [0.2, 0.25) is 0 Å². The van der Waals surface area contributed by atoms with Crippen LogP contribution in [0.15, 0.2) is 11.2 Å². The highest BCUT2D eigenvalue weighted by Gasteiger charge is 2.31. The Hall–Kier alpha value is -1.02. The second-order valence-corrected chi connectivity index (χ2v) is 7.31. The maximum Gasteiger partial charge on any atom is 0.191 e. The van der Waals surface area contributed by atoms with Gasteiger partial charge < -0.3 is 10.6 Å². The van der Waals surface area contributed by atoms with Gasteiger partial charge in [-0.1, -0.05) is 11.8 Å². The van der Waals surface area contributed by atoms with Gasteiger partial charge in [0.1, 0.15) is 11.6 Å². The van der Waals surface area contributed by atoms with E-state index >= 15 is 0 Å². The Balaban J connectivity index is 2.23. The minimum atomic E-state index is -2.90. The first kappa shape index (κ1) is 13.4. The van der Waals surface area contributed by atoms with Gasteiger partial charge in [0.15, 0.2) is 15.0 Å². The Morgan fingerprint density at radius 2 is 2.22 bits per heavy atom. The predicted octanol–water partition coefficient (Wildman–Crippen LogP) is 0.404. The number of sulfone groups is 1. The number of nitrogens with two attached hydrogens (primary N) is 1. The highest BCUT2D eigenvalue weighted by atomic mass is 32.2. The molecule has 0 spiro atoms. The van der Waals surface area contributed by atoms with Crippen molar-refractivity contribution in [1.82, 2.24) is 9.97 Å². The maximum absolute atomic E-state index is 11.5. The fourth-order valence-corrected chi connectivity index (χ4v) is 4.13. The molecule has 1 saturated heterocycles. The zero-order valence-electron chi connectivity index (χ0n) is 10.3. The third kappa shape index (κ3) is 2.86. The largest absolute Gasteiger partial charge is 0.383 e. The SMILES string of the molecule is CSc1nc(N)cc(N(C)C2CCS(=O)(=O)C2)n1. The van der Waals surface area contributed by atoms with Crippen molar-refractivity contribution in [3.8, 4) is 0 Å². The first-order chi connectivity index (χ1) is 8.41. The monoisotopic (exact) mass is 288 g/mol. The quantitative estimate of drug-likeness (QED) is 0.636. The number of anilines is 2. The fraction of sp³-hybridized carbons (Fsp3) is 0.600. The molecule has 1 atom stereocenters.